The summed E-state index contributed by atoms with van der Waals surface area (Å²) < 4.78 is 0. The Bertz CT molecular complexity index is 504. The quantitative estimate of drug-likeness (QED) is 0.649. The Morgan fingerprint density at radius 2 is 2.35 bits per heavy atom. The number of nitrogens with two attached hydrogens (primary N) is 1. The fourth-order valence-electron chi connectivity index (χ4n) is 3.93. The Morgan fingerprint density at radius 1 is 1.50 bits per heavy atom. The lowest BCUT2D eigenvalue weighted by Crippen LogP contribution is -2.34. The van der Waals surface area contributed by atoms with E-state index < -0.39 is 0 Å². The number of hydrogen-bond acceptors (Lipinski definition) is 4. The number of nitrogens with one attached hydrogen (secondary N) is 1. The van der Waals surface area contributed by atoms with Crippen molar-refractivity contribution in [2.24, 2.45) is 23.6 Å². The molecule has 3 atom stereocenters. The summed E-state index contributed by atoms with van der Waals surface area (Å²) in [5.41, 5.74) is 3.74. The Morgan fingerprint density at radius 3 is 3.00 bits per heavy atom. The first kappa shape index (κ1) is 13.4. The number of hydrogen-bond donors (Lipinski definition) is 2. The lowest BCUT2D eigenvalue weighted by atomic mass is 9.88. The van der Waals surface area contributed by atoms with Gasteiger partial charge in [-0.2, -0.15) is 0 Å². The number of nitrogens with zero attached hydrogens (tertiary/aromatic N) is 2. The molecule has 0 aromatic carbocycles. The molecule has 0 aliphatic heterocycles. The molecule has 2 aliphatic rings. The molecule has 20 heavy (non-hydrogen) atoms. The lowest BCUT2D eigenvalue weighted by molar-refractivity contribution is 0.0755. The van der Waals surface area contributed by atoms with Crippen LogP contribution in [0.25, 0.3) is 0 Å². The van der Waals surface area contributed by atoms with Gasteiger partial charge < -0.3 is 10.3 Å². The number of amides is 1. The highest BCUT2D eigenvalue weighted by atomic mass is 16.2. The van der Waals surface area contributed by atoms with E-state index in [-0.39, 0.29) is 5.91 Å². The van der Waals surface area contributed by atoms with Gasteiger partial charge in [0.2, 0.25) is 0 Å². The molecule has 3 N–H and O–H groups in total. The standard InChI is InChI=1S/C15H22N4O/c1-19(9-12-7-10-2-3-11(12)6-10)15(20)13-8-17-5-4-14(13)18-16/h4-5,8,10-12H,2-3,6-7,9,16H2,1H3,(H,17,18). The van der Waals surface area contributed by atoms with Crippen LogP contribution < -0.4 is 11.3 Å². The van der Waals surface area contributed by atoms with E-state index in [1.54, 1.807) is 18.5 Å². The van der Waals surface area contributed by atoms with Crippen molar-refractivity contribution in [2.45, 2.75) is 25.7 Å². The highest BCUT2D eigenvalue weighted by Crippen LogP contribution is 2.48. The third-order valence-electron chi connectivity index (χ3n) is 4.95. The molecule has 108 valence electrons. The smallest absolute Gasteiger partial charge is 0.257 e. The van der Waals surface area contributed by atoms with Crippen molar-refractivity contribution >= 4 is 11.6 Å². The molecule has 1 aromatic rings. The highest BCUT2D eigenvalue weighted by Gasteiger charge is 2.40. The fraction of sp³-hybridized carbons (Fsp3) is 0.600. The predicted molar refractivity (Wildman–Crippen MR) is 77.9 cm³/mol. The second kappa shape index (κ2) is 5.40. The van der Waals surface area contributed by atoms with Crippen LogP contribution in [0.15, 0.2) is 18.5 Å². The molecule has 2 fully saturated rings. The van der Waals surface area contributed by atoms with Crippen LogP contribution in [0, 0.1) is 17.8 Å². The van der Waals surface area contributed by atoms with E-state index >= 15 is 0 Å². The topological polar surface area (TPSA) is 71.2 Å². The van der Waals surface area contributed by atoms with Gasteiger partial charge in [0, 0.05) is 26.0 Å². The zero-order valence-electron chi connectivity index (χ0n) is 11.9. The molecule has 2 aliphatic carbocycles. The molecule has 5 heteroatoms. The second-order valence-electron chi connectivity index (χ2n) is 6.19. The minimum atomic E-state index is -0.00572. The molecule has 2 saturated carbocycles. The third kappa shape index (κ3) is 2.38. The number of aromatic nitrogens is 1. The number of pyridine rings is 1. The lowest BCUT2D eigenvalue weighted by Gasteiger charge is -2.27. The van der Waals surface area contributed by atoms with Gasteiger partial charge in [-0.15, -0.1) is 0 Å². The van der Waals surface area contributed by atoms with E-state index in [0.717, 1.165) is 18.4 Å². The first-order valence-electron chi connectivity index (χ1n) is 7.35. The summed E-state index contributed by atoms with van der Waals surface area (Å²) in [5, 5.41) is 0. The molecule has 0 radical (unpaired) electrons. The molecular weight excluding hydrogens is 252 g/mol. The molecule has 5 nitrogen and oxygen atoms in total. The van der Waals surface area contributed by atoms with Crippen LogP contribution >= 0.6 is 0 Å². The van der Waals surface area contributed by atoms with Crippen LogP contribution in [-0.2, 0) is 0 Å². The predicted octanol–water partition coefficient (Wildman–Crippen LogP) is 1.88. The fourth-order valence-corrected chi connectivity index (χ4v) is 3.93. The molecular formula is C15H22N4O. The Labute approximate surface area is 119 Å². The van der Waals surface area contributed by atoms with E-state index in [9.17, 15) is 4.79 Å². The van der Waals surface area contributed by atoms with Crippen LogP contribution in [0.2, 0.25) is 0 Å². The Hall–Kier alpha value is -1.62. The van der Waals surface area contributed by atoms with Gasteiger partial charge in [0.15, 0.2) is 0 Å². The van der Waals surface area contributed by atoms with Crippen LogP contribution in [-0.4, -0.2) is 29.4 Å². The minimum absolute atomic E-state index is 0.00572. The van der Waals surface area contributed by atoms with Crippen LogP contribution in [0.5, 0.6) is 0 Å². The maximum Gasteiger partial charge on any atom is 0.257 e. The van der Waals surface area contributed by atoms with Gasteiger partial charge in [-0.3, -0.25) is 15.6 Å². The average molecular weight is 274 g/mol. The SMILES string of the molecule is CN(CC1CC2CCC1C2)C(=O)c1cnccc1NN. The summed E-state index contributed by atoms with van der Waals surface area (Å²) in [6, 6.07) is 1.72. The summed E-state index contributed by atoms with van der Waals surface area (Å²) in [5.74, 6) is 7.86. The van der Waals surface area contributed by atoms with Gasteiger partial charge in [-0.1, -0.05) is 6.42 Å². The number of fused-ring (bicyclic) bond motifs is 2. The van der Waals surface area contributed by atoms with Gasteiger partial charge in [0.25, 0.3) is 5.91 Å². The molecule has 2 bridgehead atoms. The highest BCUT2D eigenvalue weighted by molar-refractivity contribution is 5.99. The van der Waals surface area contributed by atoms with Crippen molar-refractivity contribution < 1.29 is 4.79 Å². The maximum absolute atomic E-state index is 12.5. The summed E-state index contributed by atoms with van der Waals surface area (Å²) in [6.07, 6.45) is 8.60. The second-order valence-corrected chi connectivity index (χ2v) is 6.19. The van der Waals surface area contributed by atoms with Crippen molar-refractivity contribution in [1.82, 2.24) is 9.88 Å². The number of rotatable bonds is 4. The van der Waals surface area contributed by atoms with Gasteiger partial charge in [-0.25, -0.2) is 0 Å². The molecule has 1 heterocycles. The molecule has 0 saturated heterocycles. The third-order valence-corrected chi connectivity index (χ3v) is 4.95. The van der Waals surface area contributed by atoms with Crippen molar-refractivity contribution in [3.8, 4) is 0 Å². The zero-order valence-corrected chi connectivity index (χ0v) is 11.9. The average Bonchev–Trinajstić information content (AvgIpc) is 3.09. The summed E-state index contributed by atoms with van der Waals surface area (Å²) >= 11 is 0. The van der Waals surface area contributed by atoms with Gasteiger partial charge in [0.05, 0.1) is 11.3 Å². The van der Waals surface area contributed by atoms with Gasteiger partial charge in [0.1, 0.15) is 0 Å². The number of carbonyl (C=O) groups is 1. The molecule has 3 unspecified atom stereocenters. The summed E-state index contributed by atoms with van der Waals surface area (Å²) in [6.45, 7) is 0.846. The normalized spacial score (nSPS) is 27.6. The zero-order chi connectivity index (χ0) is 14.1. The summed E-state index contributed by atoms with van der Waals surface area (Å²) in [4.78, 5) is 18.4. The Kier molecular flexibility index (Phi) is 3.61. The monoisotopic (exact) mass is 274 g/mol. The van der Waals surface area contributed by atoms with Crippen LogP contribution in [0.1, 0.15) is 36.0 Å². The van der Waals surface area contributed by atoms with E-state index in [0.29, 0.717) is 17.2 Å². The molecule has 3 rings (SSSR count). The molecule has 1 aromatic heterocycles. The number of carbonyl (C=O) groups excluding carboxylic acids is 1. The van der Waals surface area contributed by atoms with E-state index in [1.165, 1.54) is 25.7 Å². The van der Waals surface area contributed by atoms with Crippen molar-refractivity contribution in [1.29, 1.82) is 0 Å². The van der Waals surface area contributed by atoms with Gasteiger partial charge >= 0.3 is 0 Å². The van der Waals surface area contributed by atoms with Crippen molar-refractivity contribution in [2.75, 3.05) is 19.0 Å². The number of anilines is 1. The van der Waals surface area contributed by atoms with Crippen LogP contribution in [0.3, 0.4) is 0 Å². The summed E-state index contributed by atoms with van der Waals surface area (Å²) in [7, 11) is 1.88. The number of nitrogen functional groups attached to an aromatic ring is 1. The van der Waals surface area contributed by atoms with E-state index in [1.807, 2.05) is 11.9 Å². The largest absolute Gasteiger partial charge is 0.341 e. The Balaban J connectivity index is 1.67. The number of hydrazine groups is 1. The first-order valence-corrected chi connectivity index (χ1v) is 7.35. The van der Waals surface area contributed by atoms with Crippen molar-refractivity contribution in [3.63, 3.8) is 0 Å². The molecule has 1 amide bonds. The first-order chi connectivity index (χ1) is 9.69. The minimum Gasteiger partial charge on any atom is -0.341 e. The van der Waals surface area contributed by atoms with E-state index in [4.69, 9.17) is 5.84 Å². The van der Waals surface area contributed by atoms with E-state index in [2.05, 4.69) is 10.4 Å². The van der Waals surface area contributed by atoms with Crippen LogP contribution in [0.4, 0.5) is 5.69 Å². The van der Waals surface area contributed by atoms with Crippen molar-refractivity contribution in [3.05, 3.63) is 24.0 Å². The van der Waals surface area contributed by atoms with Gasteiger partial charge in [-0.05, 0) is 43.1 Å². The maximum atomic E-state index is 12.5. The molecule has 0 spiro atoms.